The van der Waals surface area contributed by atoms with E-state index in [9.17, 15) is 14.4 Å². The Morgan fingerprint density at radius 1 is 1.17 bits per heavy atom. The zero-order valence-electron chi connectivity index (χ0n) is 16.5. The Morgan fingerprint density at radius 2 is 1.93 bits per heavy atom. The van der Waals surface area contributed by atoms with E-state index >= 15 is 0 Å². The highest BCUT2D eigenvalue weighted by Crippen LogP contribution is 2.33. The SMILES string of the molecule is CCC(C)c1ccccc1N1CC(C(=O)Nc2ccc3[nH]c(=O)[nH]c3c2)CC1=O. The summed E-state index contributed by atoms with van der Waals surface area (Å²) in [7, 11) is 0. The first kappa shape index (κ1) is 19.0. The van der Waals surface area contributed by atoms with E-state index in [4.69, 9.17) is 0 Å². The Hall–Kier alpha value is -3.35. The quantitative estimate of drug-likeness (QED) is 0.621. The number of H-pyrrole nitrogens is 2. The van der Waals surface area contributed by atoms with Gasteiger partial charge >= 0.3 is 5.69 Å². The summed E-state index contributed by atoms with van der Waals surface area (Å²) in [5.74, 6) is -0.319. The zero-order valence-corrected chi connectivity index (χ0v) is 16.5. The van der Waals surface area contributed by atoms with Gasteiger partial charge in [-0.15, -0.1) is 0 Å². The Kier molecular flexibility index (Phi) is 4.96. The standard InChI is InChI=1S/C22H24N4O3/c1-3-13(2)16-6-4-5-7-19(16)26-12-14(10-20(26)27)21(28)23-15-8-9-17-18(11-15)25-22(29)24-17/h4-9,11,13-14H,3,10,12H2,1-2H3,(H,23,28)(H2,24,25,29). The molecule has 7 nitrogen and oxygen atoms in total. The minimum atomic E-state index is -0.423. The van der Waals surface area contributed by atoms with Gasteiger partial charge in [-0.2, -0.15) is 0 Å². The molecule has 2 amide bonds. The van der Waals surface area contributed by atoms with Gasteiger partial charge in [-0.1, -0.05) is 32.0 Å². The highest BCUT2D eigenvalue weighted by Gasteiger charge is 2.36. The van der Waals surface area contributed by atoms with Crippen LogP contribution in [0, 0.1) is 5.92 Å². The van der Waals surface area contributed by atoms with Crippen LogP contribution in [0.2, 0.25) is 0 Å². The van der Waals surface area contributed by atoms with Gasteiger partial charge < -0.3 is 20.2 Å². The molecule has 4 rings (SSSR count). The van der Waals surface area contributed by atoms with Crippen molar-refractivity contribution >= 4 is 34.2 Å². The normalized spacial score (nSPS) is 17.7. The molecule has 3 aromatic rings. The minimum absolute atomic E-state index is 0.0358. The molecule has 2 heterocycles. The number of hydrogen-bond acceptors (Lipinski definition) is 3. The van der Waals surface area contributed by atoms with E-state index in [2.05, 4.69) is 35.2 Å². The lowest BCUT2D eigenvalue weighted by molar-refractivity contribution is -0.122. The fourth-order valence-electron chi connectivity index (χ4n) is 3.84. The first-order valence-electron chi connectivity index (χ1n) is 9.88. The van der Waals surface area contributed by atoms with Crippen LogP contribution in [-0.2, 0) is 9.59 Å². The number of hydrogen-bond donors (Lipinski definition) is 3. The topological polar surface area (TPSA) is 98.1 Å². The van der Waals surface area contributed by atoms with Gasteiger partial charge in [-0.05, 0) is 42.2 Å². The number of para-hydroxylation sites is 1. The van der Waals surface area contributed by atoms with Crippen LogP contribution in [0.25, 0.3) is 11.0 Å². The minimum Gasteiger partial charge on any atom is -0.326 e. The molecule has 1 aromatic heterocycles. The van der Waals surface area contributed by atoms with E-state index in [1.807, 2.05) is 18.2 Å². The monoisotopic (exact) mass is 392 g/mol. The fourth-order valence-corrected chi connectivity index (χ4v) is 3.84. The van der Waals surface area contributed by atoms with E-state index in [1.54, 1.807) is 23.1 Å². The predicted octanol–water partition coefficient (Wildman–Crippen LogP) is 3.36. The number of aromatic amines is 2. The van der Waals surface area contributed by atoms with Crippen molar-refractivity contribution in [1.29, 1.82) is 0 Å². The van der Waals surface area contributed by atoms with Gasteiger partial charge in [0.05, 0.1) is 17.0 Å². The molecule has 1 saturated heterocycles. The number of carbonyl (C=O) groups excluding carboxylic acids is 2. The van der Waals surface area contributed by atoms with Gasteiger partial charge in [0, 0.05) is 24.3 Å². The molecule has 0 bridgehead atoms. The lowest BCUT2D eigenvalue weighted by Gasteiger charge is -2.23. The maximum absolute atomic E-state index is 12.8. The van der Waals surface area contributed by atoms with Crippen molar-refractivity contribution in [2.24, 2.45) is 5.92 Å². The zero-order chi connectivity index (χ0) is 20.5. The predicted molar refractivity (Wildman–Crippen MR) is 113 cm³/mol. The Labute approximate surface area is 168 Å². The highest BCUT2D eigenvalue weighted by atomic mass is 16.2. The summed E-state index contributed by atoms with van der Waals surface area (Å²) in [5, 5.41) is 2.87. The van der Waals surface area contributed by atoms with Crippen LogP contribution in [0.15, 0.2) is 47.3 Å². The van der Waals surface area contributed by atoms with Gasteiger partial charge in [0.25, 0.3) is 0 Å². The number of anilines is 2. The highest BCUT2D eigenvalue weighted by molar-refractivity contribution is 6.04. The van der Waals surface area contributed by atoms with Crippen LogP contribution in [0.3, 0.4) is 0 Å². The molecule has 2 atom stereocenters. The number of nitrogens with one attached hydrogen (secondary N) is 3. The second kappa shape index (κ2) is 7.58. The molecule has 0 aliphatic carbocycles. The smallest absolute Gasteiger partial charge is 0.323 e. The number of amides is 2. The summed E-state index contributed by atoms with van der Waals surface area (Å²) in [6.07, 6.45) is 1.16. The molecule has 1 aliphatic rings. The molecule has 2 unspecified atom stereocenters. The Balaban J connectivity index is 1.51. The Bertz CT molecular complexity index is 1130. The first-order chi connectivity index (χ1) is 14.0. The van der Waals surface area contributed by atoms with Crippen molar-refractivity contribution in [3.8, 4) is 0 Å². The third-order valence-corrected chi connectivity index (χ3v) is 5.65. The van der Waals surface area contributed by atoms with Crippen molar-refractivity contribution in [3.63, 3.8) is 0 Å². The summed E-state index contributed by atoms with van der Waals surface area (Å²) in [4.78, 5) is 43.9. The van der Waals surface area contributed by atoms with Crippen molar-refractivity contribution < 1.29 is 9.59 Å². The van der Waals surface area contributed by atoms with Crippen LogP contribution in [-0.4, -0.2) is 28.3 Å². The van der Waals surface area contributed by atoms with Crippen LogP contribution >= 0.6 is 0 Å². The molecule has 1 fully saturated rings. The maximum Gasteiger partial charge on any atom is 0.323 e. The number of rotatable bonds is 5. The van der Waals surface area contributed by atoms with Crippen LogP contribution in [0.4, 0.5) is 11.4 Å². The fraction of sp³-hybridized carbons (Fsp3) is 0.318. The number of nitrogens with zero attached hydrogens (tertiary/aromatic N) is 1. The number of imidazole rings is 1. The molecular weight excluding hydrogens is 368 g/mol. The molecule has 150 valence electrons. The van der Waals surface area contributed by atoms with E-state index in [0.29, 0.717) is 29.2 Å². The van der Waals surface area contributed by atoms with Crippen molar-refractivity contribution in [2.75, 3.05) is 16.8 Å². The average molecular weight is 392 g/mol. The van der Waals surface area contributed by atoms with E-state index < -0.39 is 5.92 Å². The third kappa shape index (κ3) is 3.68. The third-order valence-electron chi connectivity index (χ3n) is 5.65. The van der Waals surface area contributed by atoms with Crippen molar-refractivity contribution in [1.82, 2.24) is 9.97 Å². The van der Waals surface area contributed by atoms with Gasteiger partial charge in [0.1, 0.15) is 0 Å². The summed E-state index contributed by atoms with van der Waals surface area (Å²) in [6, 6.07) is 13.1. The van der Waals surface area contributed by atoms with Gasteiger partial charge in [0.2, 0.25) is 11.8 Å². The molecular formula is C22H24N4O3. The molecule has 3 N–H and O–H groups in total. The molecule has 0 radical (unpaired) electrons. The average Bonchev–Trinajstić information content (AvgIpc) is 3.28. The Morgan fingerprint density at radius 3 is 2.72 bits per heavy atom. The first-order valence-corrected chi connectivity index (χ1v) is 9.88. The molecule has 2 aromatic carbocycles. The summed E-state index contributed by atoms with van der Waals surface area (Å²) in [5.41, 5.74) is 3.63. The van der Waals surface area contributed by atoms with E-state index in [-0.39, 0.29) is 23.9 Å². The summed E-state index contributed by atoms with van der Waals surface area (Å²) in [6.45, 7) is 4.63. The van der Waals surface area contributed by atoms with Gasteiger partial charge in [0.15, 0.2) is 0 Å². The summed E-state index contributed by atoms with van der Waals surface area (Å²) >= 11 is 0. The second-order valence-corrected chi connectivity index (χ2v) is 7.60. The molecule has 29 heavy (non-hydrogen) atoms. The van der Waals surface area contributed by atoms with E-state index in [1.165, 1.54) is 0 Å². The van der Waals surface area contributed by atoms with Crippen LogP contribution in [0.5, 0.6) is 0 Å². The lowest BCUT2D eigenvalue weighted by atomic mass is 9.96. The number of carbonyl (C=O) groups is 2. The van der Waals surface area contributed by atoms with Crippen molar-refractivity contribution in [2.45, 2.75) is 32.6 Å². The summed E-state index contributed by atoms with van der Waals surface area (Å²) < 4.78 is 0. The largest absolute Gasteiger partial charge is 0.326 e. The molecule has 0 saturated carbocycles. The van der Waals surface area contributed by atoms with Crippen LogP contribution < -0.4 is 15.9 Å². The molecule has 7 heteroatoms. The van der Waals surface area contributed by atoms with Gasteiger partial charge in [-0.25, -0.2) is 4.79 Å². The van der Waals surface area contributed by atoms with Gasteiger partial charge in [-0.3, -0.25) is 9.59 Å². The number of fused-ring (bicyclic) bond motifs is 1. The number of aromatic nitrogens is 2. The number of benzene rings is 2. The molecule has 1 aliphatic heterocycles. The molecule has 0 spiro atoms. The van der Waals surface area contributed by atoms with Crippen molar-refractivity contribution in [3.05, 3.63) is 58.5 Å². The lowest BCUT2D eigenvalue weighted by Crippen LogP contribution is -2.29. The van der Waals surface area contributed by atoms with Crippen LogP contribution in [0.1, 0.15) is 38.2 Å². The maximum atomic E-state index is 12.8. The van der Waals surface area contributed by atoms with E-state index in [0.717, 1.165) is 17.7 Å². The second-order valence-electron chi connectivity index (χ2n) is 7.60.